The highest BCUT2D eigenvalue weighted by molar-refractivity contribution is 5.68. The summed E-state index contributed by atoms with van der Waals surface area (Å²) < 4.78 is 5.32. The fourth-order valence-corrected chi connectivity index (χ4v) is 1.98. The van der Waals surface area contributed by atoms with Crippen molar-refractivity contribution in [1.29, 1.82) is 0 Å². The number of nitrogens with zero attached hydrogens (tertiary/aromatic N) is 1. The summed E-state index contributed by atoms with van der Waals surface area (Å²) in [7, 11) is 0. The largest absolute Gasteiger partial charge is 0.445 e. The zero-order valence-corrected chi connectivity index (χ0v) is 11.0. The summed E-state index contributed by atoms with van der Waals surface area (Å²) in [4.78, 5) is 13.7. The van der Waals surface area contributed by atoms with Gasteiger partial charge in [-0.15, -0.1) is 0 Å². The van der Waals surface area contributed by atoms with Gasteiger partial charge in [-0.2, -0.15) is 0 Å². The molecule has 0 spiro atoms. The zero-order valence-electron chi connectivity index (χ0n) is 11.0. The highest BCUT2D eigenvalue weighted by atomic mass is 16.6. The highest BCUT2D eigenvalue weighted by Crippen LogP contribution is 2.17. The van der Waals surface area contributed by atoms with E-state index in [2.05, 4.69) is 13.8 Å². The summed E-state index contributed by atoms with van der Waals surface area (Å²) in [6.45, 7) is 6.00. The van der Waals surface area contributed by atoms with E-state index in [0.717, 1.165) is 18.5 Å². The molecule has 0 saturated carbocycles. The van der Waals surface area contributed by atoms with Crippen LogP contribution in [-0.4, -0.2) is 24.1 Å². The Hall–Kier alpha value is -1.77. The summed E-state index contributed by atoms with van der Waals surface area (Å²) in [6, 6.07) is 9.76. The molecule has 1 amide bonds. The first-order valence-electron chi connectivity index (χ1n) is 6.27. The lowest BCUT2D eigenvalue weighted by atomic mass is 10.0. The summed E-state index contributed by atoms with van der Waals surface area (Å²) in [6.07, 6.45) is 0.734. The van der Waals surface area contributed by atoms with Gasteiger partial charge in [0.2, 0.25) is 0 Å². The summed E-state index contributed by atoms with van der Waals surface area (Å²) in [5.74, 6) is 0. The molecule has 3 nitrogen and oxygen atoms in total. The Labute approximate surface area is 108 Å². The lowest BCUT2D eigenvalue weighted by Crippen LogP contribution is -2.36. The zero-order chi connectivity index (χ0) is 13.0. The quantitative estimate of drug-likeness (QED) is 0.748. The Morgan fingerprint density at radius 2 is 1.94 bits per heavy atom. The van der Waals surface area contributed by atoms with E-state index in [1.165, 1.54) is 11.1 Å². The molecule has 1 aliphatic heterocycles. The van der Waals surface area contributed by atoms with Crippen molar-refractivity contribution in [3.63, 3.8) is 0 Å². The van der Waals surface area contributed by atoms with Crippen LogP contribution in [0.2, 0.25) is 0 Å². The van der Waals surface area contributed by atoms with Gasteiger partial charge in [-0.3, -0.25) is 0 Å². The topological polar surface area (TPSA) is 29.5 Å². The third kappa shape index (κ3) is 3.13. The maximum absolute atomic E-state index is 11.9. The van der Waals surface area contributed by atoms with Gasteiger partial charge in [0.1, 0.15) is 6.61 Å². The highest BCUT2D eigenvalue weighted by Gasteiger charge is 2.19. The van der Waals surface area contributed by atoms with E-state index in [1.807, 2.05) is 30.3 Å². The Morgan fingerprint density at radius 3 is 2.61 bits per heavy atom. The fraction of sp³-hybridized carbons (Fsp3) is 0.400. The second kappa shape index (κ2) is 5.71. The van der Waals surface area contributed by atoms with Crippen LogP contribution in [0.3, 0.4) is 0 Å². The van der Waals surface area contributed by atoms with Gasteiger partial charge in [0.15, 0.2) is 0 Å². The van der Waals surface area contributed by atoms with E-state index >= 15 is 0 Å². The minimum Gasteiger partial charge on any atom is -0.445 e. The van der Waals surface area contributed by atoms with Crippen LogP contribution < -0.4 is 0 Å². The number of hydrogen-bond donors (Lipinski definition) is 0. The van der Waals surface area contributed by atoms with Crippen LogP contribution >= 0.6 is 0 Å². The standard InChI is InChI=1S/C15H19NO2/c1-12-8-9-16(10-13(12)2)15(17)18-11-14-6-4-3-5-7-14/h3-7H,8-11H2,1-2H3. The Kier molecular flexibility index (Phi) is 4.03. The third-order valence-electron chi connectivity index (χ3n) is 3.38. The van der Waals surface area contributed by atoms with Gasteiger partial charge in [-0.05, 0) is 25.8 Å². The second-order valence-electron chi connectivity index (χ2n) is 4.77. The normalized spacial score (nSPS) is 15.8. The molecule has 1 aromatic rings. The van der Waals surface area contributed by atoms with E-state index in [0.29, 0.717) is 13.2 Å². The lowest BCUT2D eigenvalue weighted by Gasteiger charge is -2.27. The maximum Gasteiger partial charge on any atom is 0.410 e. The molecule has 96 valence electrons. The lowest BCUT2D eigenvalue weighted by molar-refractivity contribution is 0.0978. The number of rotatable bonds is 2. The molecular formula is C15H19NO2. The summed E-state index contributed by atoms with van der Waals surface area (Å²) in [5, 5.41) is 0. The predicted octanol–water partition coefficient (Wildman–Crippen LogP) is 3.37. The predicted molar refractivity (Wildman–Crippen MR) is 71.2 cm³/mol. The number of ether oxygens (including phenoxy) is 1. The molecule has 0 aliphatic carbocycles. The van der Waals surface area contributed by atoms with Crippen LogP contribution in [0, 0.1) is 0 Å². The van der Waals surface area contributed by atoms with Crippen molar-refractivity contribution >= 4 is 6.09 Å². The molecule has 0 saturated heterocycles. The molecule has 0 N–H and O–H groups in total. The molecule has 0 bridgehead atoms. The number of carbonyl (C=O) groups is 1. The number of amides is 1. The van der Waals surface area contributed by atoms with E-state index in [-0.39, 0.29) is 6.09 Å². The number of hydrogen-bond acceptors (Lipinski definition) is 2. The average molecular weight is 245 g/mol. The molecule has 0 atom stereocenters. The van der Waals surface area contributed by atoms with Gasteiger partial charge in [0.25, 0.3) is 0 Å². The van der Waals surface area contributed by atoms with Crippen molar-refractivity contribution in [3.05, 3.63) is 47.0 Å². The van der Waals surface area contributed by atoms with Crippen molar-refractivity contribution < 1.29 is 9.53 Å². The molecule has 2 rings (SSSR count). The van der Waals surface area contributed by atoms with Crippen LogP contribution in [0.5, 0.6) is 0 Å². The van der Waals surface area contributed by atoms with E-state index < -0.39 is 0 Å². The van der Waals surface area contributed by atoms with Crippen molar-refractivity contribution in [2.45, 2.75) is 26.9 Å². The molecule has 0 aromatic heterocycles. The van der Waals surface area contributed by atoms with Crippen LogP contribution in [0.25, 0.3) is 0 Å². The number of benzene rings is 1. The molecule has 1 aliphatic rings. The third-order valence-corrected chi connectivity index (χ3v) is 3.38. The van der Waals surface area contributed by atoms with Gasteiger partial charge >= 0.3 is 6.09 Å². The van der Waals surface area contributed by atoms with Gasteiger partial charge in [-0.1, -0.05) is 41.5 Å². The molecule has 1 heterocycles. The van der Waals surface area contributed by atoms with E-state index in [9.17, 15) is 4.79 Å². The fourth-order valence-electron chi connectivity index (χ4n) is 1.98. The van der Waals surface area contributed by atoms with Crippen molar-refractivity contribution in [1.82, 2.24) is 4.90 Å². The van der Waals surface area contributed by atoms with Crippen molar-refractivity contribution in [2.24, 2.45) is 0 Å². The molecular weight excluding hydrogens is 226 g/mol. The minimum atomic E-state index is -0.217. The van der Waals surface area contributed by atoms with Gasteiger partial charge in [-0.25, -0.2) is 4.79 Å². The molecule has 18 heavy (non-hydrogen) atoms. The summed E-state index contributed by atoms with van der Waals surface area (Å²) in [5.41, 5.74) is 3.69. The molecule has 0 unspecified atom stereocenters. The molecule has 1 aromatic carbocycles. The number of carbonyl (C=O) groups excluding carboxylic acids is 1. The monoisotopic (exact) mass is 245 g/mol. The van der Waals surface area contributed by atoms with E-state index in [1.54, 1.807) is 4.90 Å². The van der Waals surface area contributed by atoms with Gasteiger partial charge in [0.05, 0.1) is 0 Å². The van der Waals surface area contributed by atoms with Crippen LogP contribution in [0.4, 0.5) is 4.79 Å². The first-order chi connectivity index (χ1) is 8.66. The van der Waals surface area contributed by atoms with Gasteiger partial charge < -0.3 is 9.64 Å². The average Bonchev–Trinajstić information content (AvgIpc) is 2.40. The van der Waals surface area contributed by atoms with E-state index in [4.69, 9.17) is 4.74 Å². The smallest absolute Gasteiger partial charge is 0.410 e. The Morgan fingerprint density at radius 1 is 1.22 bits per heavy atom. The van der Waals surface area contributed by atoms with Crippen LogP contribution in [0.1, 0.15) is 25.8 Å². The molecule has 0 radical (unpaired) electrons. The van der Waals surface area contributed by atoms with Gasteiger partial charge in [0, 0.05) is 13.1 Å². The second-order valence-corrected chi connectivity index (χ2v) is 4.77. The summed E-state index contributed by atoms with van der Waals surface area (Å²) >= 11 is 0. The first-order valence-corrected chi connectivity index (χ1v) is 6.27. The Balaban J connectivity index is 1.86. The van der Waals surface area contributed by atoms with Crippen molar-refractivity contribution in [3.8, 4) is 0 Å². The first kappa shape index (κ1) is 12.7. The SMILES string of the molecule is CC1=C(C)CN(C(=O)OCc2ccccc2)CC1. The molecule has 3 heteroatoms. The van der Waals surface area contributed by atoms with Crippen molar-refractivity contribution in [2.75, 3.05) is 13.1 Å². The maximum atomic E-state index is 11.9. The van der Waals surface area contributed by atoms with Crippen LogP contribution in [0.15, 0.2) is 41.5 Å². The minimum absolute atomic E-state index is 0.217. The van der Waals surface area contributed by atoms with Crippen LogP contribution in [-0.2, 0) is 11.3 Å². The molecule has 0 fully saturated rings. The Bertz CT molecular complexity index is 451.